The van der Waals surface area contributed by atoms with Crippen molar-refractivity contribution in [2.24, 2.45) is 5.73 Å². The Kier molecular flexibility index (Phi) is 8.33. The topological polar surface area (TPSA) is 58.7 Å². The summed E-state index contributed by atoms with van der Waals surface area (Å²) in [7, 11) is 1.68. The highest BCUT2D eigenvalue weighted by Crippen LogP contribution is 1.94. The molecule has 0 aliphatic rings. The highest BCUT2D eigenvalue weighted by atomic mass is 16.5. The number of hydrogen-bond acceptors (Lipinski definition) is 4. The summed E-state index contributed by atoms with van der Waals surface area (Å²) in [5, 5.41) is 9.21. The predicted octanol–water partition coefficient (Wildman–Crippen LogP) is -0.336. The third-order valence-corrected chi connectivity index (χ3v) is 1.81. The molecule has 0 saturated heterocycles. The molecule has 0 aromatic rings. The number of methoxy groups -OCH3 is 1. The molecular formula is C9H22N2O2. The van der Waals surface area contributed by atoms with Crippen LogP contribution in [-0.4, -0.2) is 56.0 Å². The maximum atomic E-state index is 9.21. The molecule has 0 spiro atoms. The van der Waals surface area contributed by atoms with Gasteiger partial charge in [-0.25, -0.2) is 0 Å². The minimum atomic E-state index is -0.283. The van der Waals surface area contributed by atoms with Gasteiger partial charge in [0.25, 0.3) is 0 Å². The summed E-state index contributed by atoms with van der Waals surface area (Å²) >= 11 is 0. The second kappa shape index (κ2) is 8.44. The first-order valence-corrected chi connectivity index (χ1v) is 4.80. The van der Waals surface area contributed by atoms with E-state index in [1.807, 2.05) is 0 Å². The van der Waals surface area contributed by atoms with Crippen molar-refractivity contribution in [2.45, 2.75) is 19.4 Å². The van der Waals surface area contributed by atoms with Gasteiger partial charge in [0.1, 0.15) is 0 Å². The lowest BCUT2D eigenvalue weighted by molar-refractivity contribution is 0.0977. The molecule has 0 bridgehead atoms. The van der Waals surface area contributed by atoms with E-state index in [0.717, 1.165) is 19.5 Å². The lowest BCUT2D eigenvalue weighted by atomic mass is 10.3. The van der Waals surface area contributed by atoms with Gasteiger partial charge in [-0.3, -0.25) is 4.90 Å². The molecule has 4 heteroatoms. The Balaban J connectivity index is 3.60. The number of ether oxygens (including phenoxy) is 1. The average Bonchev–Trinajstić information content (AvgIpc) is 2.09. The molecule has 0 rings (SSSR count). The van der Waals surface area contributed by atoms with Gasteiger partial charge in [0.2, 0.25) is 0 Å². The first-order valence-electron chi connectivity index (χ1n) is 4.80. The van der Waals surface area contributed by atoms with Gasteiger partial charge in [-0.05, 0) is 26.4 Å². The molecule has 0 aromatic carbocycles. The molecule has 0 aromatic heterocycles. The normalized spacial score (nSPS) is 13.6. The van der Waals surface area contributed by atoms with Crippen LogP contribution in [-0.2, 0) is 4.74 Å². The Hall–Kier alpha value is -0.160. The van der Waals surface area contributed by atoms with Gasteiger partial charge in [0.15, 0.2) is 0 Å². The van der Waals surface area contributed by atoms with E-state index in [1.54, 1.807) is 14.0 Å². The molecule has 0 radical (unpaired) electrons. The molecule has 0 amide bonds. The maximum absolute atomic E-state index is 9.21. The van der Waals surface area contributed by atoms with Crippen LogP contribution in [0.5, 0.6) is 0 Å². The number of rotatable bonds is 8. The lowest BCUT2D eigenvalue weighted by Gasteiger charge is -2.22. The molecule has 0 fully saturated rings. The summed E-state index contributed by atoms with van der Waals surface area (Å²) in [5.41, 5.74) is 5.42. The molecule has 4 nitrogen and oxygen atoms in total. The van der Waals surface area contributed by atoms with Crippen molar-refractivity contribution in [1.82, 2.24) is 4.90 Å². The first-order chi connectivity index (χ1) is 6.20. The van der Waals surface area contributed by atoms with E-state index >= 15 is 0 Å². The van der Waals surface area contributed by atoms with Crippen LogP contribution in [0.2, 0.25) is 0 Å². The quantitative estimate of drug-likeness (QED) is 0.550. The van der Waals surface area contributed by atoms with Gasteiger partial charge in [-0.15, -0.1) is 0 Å². The number of aliphatic hydroxyl groups excluding tert-OH is 1. The summed E-state index contributed by atoms with van der Waals surface area (Å²) in [5.74, 6) is 0. The number of nitrogens with zero attached hydrogens (tertiary/aromatic N) is 1. The van der Waals surface area contributed by atoms with Crippen molar-refractivity contribution in [3.63, 3.8) is 0 Å². The zero-order valence-electron chi connectivity index (χ0n) is 8.70. The van der Waals surface area contributed by atoms with E-state index in [9.17, 15) is 5.11 Å². The Morgan fingerprint density at radius 3 is 2.62 bits per heavy atom. The molecular weight excluding hydrogens is 168 g/mol. The van der Waals surface area contributed by atoms with E-state index in [4.69, 9.17) is 10.5 Å². The van der Waals surface area contributed by atoms with Crippen LogP contribution in [0, 0.1) is 0 Å². The van der Waals surface area contributed by atoms with E-state index in [-0.39, 0.29) is 6.10 Å². The fraction of sp³-hybridized carbons (Fsp3) is 1.00. The maximum Gasteiger partial charge on any atom is 0.0639 e. The van der Waals surface area contributed by atoms with Crippen molar-refractivity contribution in [3.8, 4) is 0 Å². The SMILES string of the molecule is COCCN(CCCN)CC(C)O. The molecule has 3 N–H and O–H groups in total. The Morgan fingerprint density at radius 1 is 1.46 bits per heavy atom. The third kappa shape index (κ3) is 8.18. The van der Waals surface area contributed by atoms with Crippen LogP contribution < -0.4 is 5.73 Å². The summed E-state index contributed by atoms with van der Waals surface area (Å²) in [4.78, 5) is 2.17. The van der Waals surface area contributed by atoms with Gasteiger partial charge in [-0.2, -0.15) is 0 Å². The smallest absolute Gasteiger partial charge is 0.0639 e. The van der Waals surface area contributed by atoms with Gasteiger partial charge >= 0.3 is 0 Å². The van der Waals surface area contributed by atoms with Crippen molar-refractivity contribution in [3.05, 3.63) is 0 Å². The van der Waals surface area contributed by atoms with Crippen LogP contribution in [0.4, 0.5) is 0 Å². The predicted molar refractivity (Wildman–Crippen MR) is 53.7 cm³/mol. The van der Waals surface area contributed by atoms with E-state index in [1.165, 1.54) is 0 Å². The Morgan fingerprint density at radius 2 is 2.15 bits per heavy atom. The molecule has 0 aliphatic carbocycles. The largest absolute Gasteiger partial charge is 0.392 e. The summed E-state index contributed by atoms with van der Waals surface area (Å²) in [6, 6.07) is 0. The van der Waals surface area contributed by atoms with Crippen molar-refractivity contribution < 1.29 is 9.84 Å². The van der Waals surface area contributed by atoms with E-state index in [2.05, 4.69) is 4.90 Å². The molecule has 1 unspecified atom stereocenters. The van der Waals surface area contributed by atoms with Gasteiger partial charge in [0, 0.05) is 20.2 Å². The first kappa shape index (κ1) is 12.8. The monoisotopic (exact) mass is 190 g/mol. The van der Waals surface area contributed by atoms with Crippen LogP contribution in [0.15, 0.2) is 0 Å². The van der Waals surface area contributed by atoms with Gasteiger partial charge in [-0.1, -0.05) is 0 Å². The Bertz CT molecular complexity index is 102. The summed E-state index contributed by atoms with van der Waals surface area (Å²) < 4.78 is 4.98. The third-order valence-electron chi connectivity index (χ3n) is 1.81. The average molecular weight is 190 g/mol. The van der Waals surface area contributed by atoms with Crippen molar-refractivity contribution >= 4 is 0 Å². The van der Waals surface area contributed by atoms with Crippen LogP contribution >= 0.6 is 0 Å². The van der Waals surface area contributed by atoms with Crippen molar-refractivity contribution in [2.75, 3.05) is 39.9 Å². The molecule has 0 saturated carbocycles. The fourth-order valence-electron chi connectivity index (χ4n) is 1.20. The van der Waals surface area contributed by atoms with Crippen molar-refractivity contribution in [1.29, 1.82) is 0 Å². The van der Waals surface area contributed by atoms with Gasteiger partial charge < -0.3 is 15.6 Å². The van der Waals surface area contributed by atoms with Crippen LogP contribution in [0.1, 0.15) is 13.3 Å². The number of nitrogens with two attached hydrogens (primary N) is 1. The number of hydrogen-bond donors (Lipinski definition) is 2. The molecule has 1 atom stereocenters. The highest BCUT2D eigenvalue weighted by Gasteiger charge is 2.06. The fourth-order valence-corrected chi connectivity index (χ4v) is 1.20. The molecule has 80 valence electrons. The second-order valence-corrected chi connectivity index (χ2v) is 3.28. The lowest BCUT2D eigenvalue weighted by Crippen LogP contribution is -2.35. The number of aliphatic hydroxyl groups is 1. The zero-order chi connectivity index (χ0) is 10.1. The second-order valence-electron chi connectivity index (χ2n) is 3.28. The van der Waals surface area contributed by atoms with E-state index in [0.29, 0.717) is 19.7 Å². The highest BCUT2D eigenvalue weighted by molar-refractivity contribution is 4.61. The van der Waals surface area contributed by atoms with Crippen LogP contribution in [0.3, 0.4) is 0 Å². The summed E-state index contributed by atoms with van der Waals surface area (Å²) in [6.45, 7) is 5.69. The van der Waals surface area contributed by atoms with E-state index < -0.39 is 0 Å². The Labute approximate surface area is 80.7 Å². The van der Waals surface area contributed by atoms with Crippen LogP contribution in [0.25, 0.3) is 0 Å². The molecule has 0 heterocycles. The molecule has 0 aliphatic heterocycles. The van der Waals surface area contributed by atoms with Gasteiger partial charge in [0.05, 0.1) is 12.7 Å². The summed E-state index contributed by atoms with van der Waals surface area (Å²) in [6.07, 6.45) is 0.686. The molecule has 13 heavy (non-hydrogen) atoms. The zero-order valence-corrected chi connectivity index (χ0v) is 8.70. The minimum Gasteiger partial charge on any atom is -0.392 e. The standard InChI is InChI=1S/C9H22N2O2/c1-9(12)8-11(5-3-4-10)6-7-13-2/h9,12H,3-8,10H2,1-2H3. The minimum absolute atomic E-state index is 0.283.